The Balaban J connectivity index is 0.512. The van der Waals surface area contributed by atoms with Gasteiger partial charge in [0.25, 0.3) is 17.7 Å². The number of hydrogen-bond donors (Lipinski definition) is 7. The molecule has 10 N–H and O–H groups in total. The Hall–Kier alpha value is -10.9. The van der Waals surface area contributed by atoms with E-state index in [1.165, 1.54) is 19.3 Å². The maximum atomic E-state index is 14.9. The minimum absolute atomic E-state index is 0.0107. The highest BCUT2D eigenvalue weighted by atomic mass is 16.6. The Labute approximate surface area is 792 Å². The predicted octanol–water partition coefficient (Wildman–Crippen LogP) is 7.91. The molecule has 4 fully saturated rings. The Morgan fingerprint density at radius 3 is 2.20 bits per heavy atom. The van der Waals surface area contributed by atoms with Gasteiger partial charge in [-0.05, 0) is 144 Å². The zero-order valence-corrected chi connectivity index (χ0v) is 79.3. The van der Waals surface area contributed by atoms with Crippen molar-refractivity contribution in [3.63, 3.8) is 0 Å². The van der Waals surface area contributed by atoms with Gasteiger partial charge in [0.15, 0.2) is 17.0 Å². The molecule has 15 atom stereocenters. The molecule has 5 aliphatic rings. The second-order valence-corrected chi connectivity index (χ2v) is 36.4. The van der Waals surface area contributed by atoms with Crippen LogP contribution in [0.2, 0.25) is 0 Å². The van der Waals surface area contributed by atoms with Gasteiger partial charge < -0.3 is 94.7 Å². The fourth-order valence-electron chi connectivity index (χ4n) is 18.5. The molecule has 39 nitrogen and oxygen atoms in total. The van der Waals surface area contributed by atoms with E-state index < -0.39 is 95.4 Å². The number of anilines is 3. The molecule has 8 aromatic rings. The number of carbonyl (C=O) groups excluding carboxylic acids is 6. The van der Waals surface area contributed by atoms with Crippen molar-refractivity contribution >= 4 is 75.0 Å². The fourth-order valence-corrected chi connectivity index (χ4v) is 18.5. The molecule has 2 bridgehead atoms. The molecule has 13 rings (SSSR count). The zero-order chi connectivity index (χ0) is 96.4. The highest BCUT2D eigenvalue weighted by molar-refractivity contribution is 6.39. The number of amides is 2. The van der Waals surface area contributed by atoms with Crippen molar-refractivity contribution < 1.29 is 91.1 Å². The number of methoxy groups -OCH3 is 2. The molecule has 1 saturated carbocycles. The normalized spacial score (nSPS) is 26.4. The van der Waals surface area contributed by atoms with Crippen LogP contribution in [0.3, 0.4) is 0 Å². The number of hydrogen-bond acceptors (Lipinski definition) is 34. The molecule has 0 spiro atoms. The Morgan fingerprint density at radius 2 is 1.46 bits per heavy atom. The summed E-state index contributed by atoms with van der Waals surface area (Å²) in [7, 11) is 3.21. The van der Waals surface area contributed by atoms with Crippen molar-refractivity contribution in [2.24, 2.45) is 35.3 Å². The first-order valence-corrected chi connectivity index (χ1v) is 47.6. The number of benzene rings is 2. The lowest BCUT2D eigenvalue weighted by Crippen LogP contribution is -2.61. The molecular weight excluding hydrogens is 1750 g/mol. The van der Waals surface area contributed by atoms with Gasteiger partial charge in [-0.25, -0.2) is 38.8 Å². The van der Waals surface area contributed by atoms with Crippen molar-refractivity contribution in [2.45, 2.75) is 218 Å². The van der Waals surface area contributed by atoms with E-state index in [1.54, 1.807) is 56.6 Å². The number of piperazine rings is 1. The molecule has 10 heterocycles. The van der Waals surface area contributed by atoms with Crippen LogP contribution in [0.15, 0.2) is 126 Å². The smallest absolute Gasteiger partial charge is 0.329 e. The Bertz CT molecular complexity index is 5400. The number of nitrogens with one attached hydrogen (secondary N) is 1. The number of esters is 1. The third-order valence-electron chi connectivity index (χ3n) is 26.4. The number of nitrogen functional groups attached to an aromatic ring is 2. The number of oxazole rings is 1. The van der Waals surface area contributed by atoms with Crippen molar-refractivity contribution in [2.75, 3.05) is 136 Å². The molecule has 2 amide bonds. The van der Waals surface area contributed by atoms with Crippen LogP contribution >= 0.6 is 0 Å². The van der Waals surface area contributed by atoms with E-state index in [1.807, 2.05) is 97.8 Å². The van der Waals surface area contributed by atoms with Crippen molar-refractivity contribution in [3.05, 3.63) is 127 Å². The number of ketones is 3. The van der Waals surface area contributed by atoms with E-state index in [-0.39, 0.29) is 86.7 Å². The average molecular weight is 1880 g/mol. The third kappa shape index (κ3) is 27.3. The van der Waals surface area contributed by atoms with Crippen LogP contribution < -0.4 is 27.4 Å². The zero-order valence-electron chi connectivity index (χ0n) is 79.3. The molecule has 2 aromatic carbocycles. The topological polar surface area (TPSA) is 503 Å². The van der Waals surface area contributed by atoms with E-state index >= 15 is 0 Å². The maximum Gasteiger partial charge on any atom is 0.329 e. The molecule has 0 unspecified atom stereocenters. The molecule has 4 aliphatic heterocycles. The van der Waals surface area contributed by atoms with Gasteiger partial charge in [-0.15, -0.1) is 10.2 Å². The van der Waals surface area contributed by atoms with E-state index in [9.17, 15) is 44.1 Å². The van der Waals surface area contributed by atoms with Crippen LogP contribution in [0, 0.1) is 29.6 Å². The van der Waals surface area contributed by atoms with Gasteiger partial charge in [0.2, 0.25) is 17.6 Å². The van der Waals surface area contributed by atoms with Gasteiger partial charge in [0, 0.05) is 145 Å². The molecule has 6 aromatic heterocycles. The number of aliphatic hydroxyl groups is 3. The van der Waals surface area contributed by atoms with Crippen LogP contribution in [-0.2, 0) is 91.0 Å². The number of piperidine rings is 1. The van der Waals surface area contributed by atoms with Crippen LogP contribution in [-0.4, -0.2) is 299 Å². The summed E-state index contributed by atoms with van der Waals surface area (Å²) >= 11 is 0. The van der Waals surface area contributed by atoms with Crippen molar-refractivity contribution in [1.82, 2.24) is 79.8 Å². The first kappa shape index (κ1) is 102. The fraction of sp³-hybridized carbons (Fsp3) is 0.588. The quantitative estimate of drug-likeness (QED) is 0.00858. The number of aliphatic hydroxyl groups excluding tert-OH is 2. The van der Waals surface area contributed by atoms with Crippen LogP contribution in [0.5, 0.6) is 0 Å². The van der Waals surface area contributed by atoms with Crippen molar-refractivity contribution in [3.8, 4) is 33.6 Å². The van der Waals surface area contributed by atoms with Gasteiger partial charge in [-0.3, -0.25) is 28.9 Å². The molecule has 136 heavy (non-hydrogen) atoms. The summed E-state index contributed by atoms with van der Waals surface area (Å²) in [6, 6.07) is 11.2. The van der Waals surface area contributed by atoms with Gasteiger partial charge in [0.05, 0.1) is 120 Å². The third-order valence-corrected chi connectivity index (χ3v) is 26.4. The second-order valence-electron chi connectivity index (χ2n) is 36.4. The first-order valence-electron chi connectivity index (χ1n) is 47.6. The van der Waals surface area contributed by atoms with E-state index in [2.05, 4.69) is 56.8 Å². The average Bonchev–Trinajstić information content (AvgIpc) is 1.71. The number of allylic oxidation sites excluding steroid dienone is 6. The number of aryl methyl sites for hydroxylation is 1. The van der Waals surface area contributed by atoms with Gasteiger partial charge in [-0.1, -0.05) is 92.8 Å². The van der Waals surface area contributed by atoms with Crippen molar-refractivity contribution in [1.29, 1.82) is 0 Å². The summed E-state index contributed by atoms with van der Waals surface area (Å²) in [6.45, 7) is 19.6. The van der Waals surface area contributed by atoms with E-state index in [0.717, 1.165) is 83.1 Å². The Kier molecular flexibility index (Phi) is 37.6. The molecular formula is C97H134N20O19. The van der Waals surface area contributed by atoms with Crippen LogP contribution in [0.25, 0.3) is 55.8 Å². The SMILES string of the molecule is CO[C@H]1C[C@@H]2CC[C@@H](C)[C@@](O)(O2)C(=O)C(=O)N2CCCC[C@H]2C(=O)O[C@H]([C@H](N)C[C@@H]2CC[C@H](n3nncc3-c3cccc(-c4cnc(N5CCN(Cc6cn(CCOCCOCCOCCOCCOCCC(=O)NCCCCn7nc(-c8ccc9oc(N)nc9c8)c8c(N)ncnc87)nn6)CC5)nc4)c3)[C@H](OC)C2)CC(=O)[C@H](C)/C=C(\C)[C@@H](O)[C@@H](O)C(=O)[C@H](C)C[C@H](C)/C=C/C=C/C=C/1C. The predicted molar refractivity (Wildman–Crippen MR) is 504 cm³/mol. The molecule has 0 radical (unpaired) electrons. The van der Waals surface area contributed by atoms with Crippen LogP contribution in [0.4, 0.5) is 17.8 Å². The minimum Gasteiger partial charge on any atom is -0.459 e. The highest BCUT2D eigenvalue weighted by Crippen LogP contribution is 2.42. The summed E-state index contributed by atoms with van der Waals surface area (Å²) in [5.74, 6) is -8.24. The minimum atomic E-state index is -2.51. The molecule has 3 saturated heterocycles. The number of fused-ring (bicyclic) bond motifs is 5. The number of unbranched alkanes of at least 4 members (excludes halogenated alkanes) is 1. The number of ether oxygens (including phenoxy) is 9. The van der Waals surface area contributed by atoms with Gasteiger partial charge in [-0.2, -0.15) is 10.1 Å². The molecule has 1 aliphatic carbocycles. The lowest BCUT2D eigenvalue weighted by atomic mass is 9.79. The number of nitrogens with two attached hydrogens (primary N) is 3. The standard InChI is InChI=1S/C97H134N20O19/c1-61-17-10-9-11-18-62(2)81(127-7)53-73-25-22-66(6)97(126,136-73)90(123)93(124)115-30-14-12-21-77(115)94(125)134-82(54-79(118)63(3)48-65(5)88(121)89(122)87(120)64(4)47-61)74(98)49-67-23-26-76(83(50-67)128-8)117-78(57-106-110-117)69-20-16-19-68(51-69)71-55-102-96(103-56-71)113-34-32-112(33-35-113)58-72-59-114(111-108-72)36-38-130-40-42-132-44-46-133-45-43-131-41-39-129-37-28-84(119)101-29-13-15-31-116-92-85(91(99)104-60-105-92)86(109-116)70-24-27-80-75(52-70)107-95(100)135-80/h9-11,16-20,24,27,48,51-52,55-57,59-61,63-64,66-67,73-74,76-77,81-83,88-89,121-122,126H,12-15,21-23,25-26,28-47,49-50,53-54,58,98H2,1-8H3,(H2,100,107)(H,101,119)(H2,99,104,105)/b11-9+,17-10+,62-18+,65-48+/t61-,63-,64-,66-,67+,73+,74-,76+,77+,81+,82+,83-,88-,89+,97-/m1/s1. The maximum absolute atomic E-state index is 14.9. The summed E-state index contributed by atoms with van der Waals surface area (Å²) < 4.78 is 64.0. The number of cyclic esters (lactones) is 1. The van der Waals surface area contributed by atoms with E-state index in [0.29, 0.717) is 177 Å². The highest BCUT2D eigenvalue weighted by Gasteiger charge is 2.53. The number of rotatable bonds is 35. The van der Waals surface area contributed by atoms with Crippen LogP contribution in [0.1, 0.15) is 150 Å². The lowest BCUT2D eigenvalue weighted by molar-refractivity contribution is -0.265. The number of carbonyl (C=O) groups is 6. The number of Topliss-reactive ketones (excluding diaryl/α,β-unsaturated/α-hetero) is 3. The van der Waals surface area contributed by atoms with Gasteiger partial charge >= 0.3 is 5.97 Å². The largest absolute Gasteiger partial charge is 0.459 e. The summed E-state index contributed by atoms with van der Waals surface area (Å²) in [5, 5.41) is 61.2. The molecule has 39 heteroatoms. The summed E-state index contributed by atoms with van der Waals surface area (Å²) in [5.41, 5.74) is 27.7. The lowest BCUT2D eigenvalue weighted by Gasteiger charge is -2.42. The van der Waals surface area contributed by atoms with E-state index in [4.69, 9.17) is 79.3 Å². The second kappa shape index (κ2) is 49.9. The van der Waals surface area contributed by atoms with Gasteiger partial charge in [0.1, 0.15) is 53.5 Å². The summed E-state index contributed by atoms with van der Waals surface area (Å²) in [4.78, 5) is 113. The molecule has 736 valence electrons. The summed E-state index contributed by atoms with van der Waals surface area (Å²) in [6.07, 6.45) is 19.4. The number of nitrogens with zero attached hydrogens (tertiary/aromatic N) is 16. The Morgan fingerprint density at radius 1 is 0.721 bits per heavy atom. The number of aromatic nitrogens is 13. The monoisotopic (exact) mass is 1880 g/mol. The first-order chi connectivity index (χ1) is 65.7.